The van der Waals surface area contributed by atoms with Crippen LogP contribution in [-0.2, 0) is 6.42 Å². The predicted molar refractivity (Wildman–Crippen MR) is 56.6 cm³/mol. The number of nitrogens with zero attached hydrogens (tertiary/aromatic N) is 3. The fourth-order valence-electron chi connectivity index (χ4n) is 1.31. The molecule has 0 bridgehead atoms. The molecule has 0 saturated carbocycles. The number of aromatic nitrogens is 3. The first kappa shape index (κ1) is 9.79. The van der Waals surface area contributed by atoms with Crippen LogP contribution in [-0.4, -0.2) is 28.8 Å². The quantitative estimate of drug-likeness (QED) is 0.789. The first-order valence-electron chi connectivity index (χ1n) is 4.71. The molecule has 0 radical (unpaired) electrons. The minimum Gasteiger partial charge on any atom is -0.497 e. The van der Waals surface area contributed by atoms with Crippen LogP contribution >= 0.6 is 0 Å². The lowest BCUT2D eigenvalue weighted by atomic mass is 10.3. The van der Waals surface area contributed by atoms with Gasteiger partial charge < -0.3 is 10.5 Å². The number of hydrogen-bond donors (Lipinski definition) is 1. The molecule has 0 unspecified atom stereocenters. The minimum absolute atomic E-state index is 0.525. The Labute approximate surface area is 87.3 Å². The number of rotatable bonds is 3. The summed E-state index contributed by atoms with van der Waals surface area (Å²) in [7, 11) is 1.62. The van der Waals surface area contributed by atoms with E-state index in [1.54, 1.807) is 7.11 Å². The lowest BCUT2D eigenvalue weighted by Crippen LogP contribution is -2.07. The molecule has 5 heteroatoms. The van der Waals surface area contributed by atoms with E-state index in [0.717, 1.165) is 16.8 Å². The Balaban J connectivity index is 2.48. The fourth-order valence-corrected chi connectivity index (χ4v) is 1.31. The Morgan fingerprint density at radius 2 is 2.13 bits per heavy atom. The Morgan fingerprint density at radius 3 is 2.87 bits per heavy atom. The largest absolute Gasteiger partial charge is 0.497 e. The maximum Gasteiger partial charge on any atom is 0.152 e. The van der Waals surface area contributed by atoms with Crippen LogP contribution in [0.15, 0.2) is 18.2 Å². The van der Waals surface area contributed by atoms with E-state index < -0.39 is 0 Å². The monoisotopic (exact) mass is 204 g/mol. The smallest absolute Gasteiger partial charge is 0.152 e. The van der Waals surface area contributed by atoms with Crippen molar-refractivity contribution in [3.8, 4) is 5.75 Å². The number of ether oxygens (including phenoxy) is 1. The molecule has 2 aromatic rings. The van der Waals surface area contributed by atoms with Crippen molar-refractivity contribution in [2.24, 2.45) is 5.73 Å². The molecule has 0 aliphatic carbocycles. The lowest BCUT2D eigenvalue weighted by Gasteiger charge is -2.02. The summed E-state index contributed by atoms with van der Waals surface area (Å²) in [5.41, 5.74) is 6.97. The van der Waals surface area contributed by atoms with Gasteiger partial charge >= 0.3 is 0 Å². The standard InChI is InChI=1S/C10H12N4O/c1-15-7-2-3-8-9(6-7)12-10(4-5-11)14-13-8/h2-3,6H,4-5,11H2,1H3. The highest BCUT2D eigenvalue weighted by Gasteiger charge is 2.02. The predicted octanol–water partition coefficient (Wildman–Crippen LogP) is 0.535. The summed E-state index contributed by atoms with van der Waals surface area (Å²) in [6, 6.07) is 5.51. The van der Waals surface area contributed by atoms with E-state index >= 15 is 0 Å². The third-order valence-corrected chi connectivity index (χ3v) is 2.07. The number of benzene rings is 1. The van der Waals surface area contributed by atoms with Crippen molar-refractivity contribution in [2.45, 2.75) is 6.42 Å². The molecule has 5 nitrogen and oxygen atoms in total. The van der Waals surface area contributed by atoms with Crippen molar-refractivity contribution in [3.63, 3.8) is 0 Å². The molecule has 2 N–H and O–H groups in total. The molecule has 1 aromatic heterocycles. The molecule has 15 heavy (non-hydrogen) atoms. The molecule has 0 spiro atoms. The van der Waals surface area contributed by atoms with Gasteiger partial charge in [-0.15, -0.1) is 10.2 Å². The van der Waals surface area contributed by atoms with Crippen LogP contribution in [0.4, 0.5) is 0 Å². The summed E-state index contributed by atoms with van der Waals surface area (Å²) in [6.45, 7) is 0.525. The van der Waals surface area contributed by atoms with Crippen LogP contribution in [0.25, 0.3) is 11.0 Å². The summed E-state index contributed by atoms with van der Waals surface area (Å²) < 4.78 is 5.11. The van der Waals surface area contributed by atoms with Gasteiger partial charge in [0.15, 0.2) is 5.82 Å². The van der Waals surface area contributed by atoms with Crippen molar-refractivity contribution in [1.82, 2.24) is 15.2 Å². The van der Waals surface area contributed by atoms with E-state index in [-0.39, 0.29) is 0 Å². The van der Waals surface area contributed by atoms with Crippen LogP contribution < -0.4 is 10.5 Å². The van der Waals surface area contributed by atoms with E-state index in [0.29, 0.717) is 18.8 Å². The zero-order valence-corrected chi connectivity index (χ0v) is 8.47. The zero-order chi connectivity index (χ0) is 10.7. The molecule has 1 aromatic carbocycles. The molecule has 0 saturated heterocycles. The van der Waals surface area contributed by atoms with Gasteiger partial charge in [-0.3, -0.25) is 0 Å². The minimum atomic E-state index is 0.525. The Kier molecular flexibility index (Phi) is 2.73. The number of fused-ring (bicyclic) bond motifs is 1. The van der Waals surface area contributed by atoms with E-state index in [2.05, 4.69) is 15.2 Å². The fraction of sp³-hybridized carbons (Fsp3) is 0.300. The maximum atomic E-state index is 5.43. The van der Waals surface area contributed by atoms with Crippen LogP contribution in [0.5, 0.6) is 5.75 Å². The Hall–Kier alpha value is -1.75. The third kappa shape index (κ3) is 2.02. The molecule has 0 aliphatic heterocycles. The van der Waals surface area contributed by atoms with Crippen molar-refractivity contribution in [1.29, 1.82) is 0 Å². The molecule has 0 atom stereocenters. The zero-order valence-electron chi connectivity index (χ0n) is 8.47. The summed E-state index contributed by atoms with van der Waals surface area (Å²) in [5, 5.41) is 8.02. The van der Waals surface area contributed by atoms with Gasteiger partial charge in [0.1, 0.15) is 11.3 Å². The second-order valence-corrected chi connectivity index (χ2v) is 3.12. The number of hydrogen-bond acceptors (Lipinski definition) is 5. The first-order valence-corrected chi connectivity index (χ1v) is 4.71. The highest BCUT2D eigenvalue weighted by molar-refractivity contribution is 5.75. The third-order valence-electron chi connectivity index (χ3n) is 2.07. The second kappa shape index (κ2) is 4.18. The van der Waals surface area contributed by atoms with Crippen molar-refractivity contribution < 1.29 is 4.74 Å². The number of methoxy groups -OCH3 is 1. The molecule has 0 fully saturated rings. The SMILES string of the molecule is COc1ccc2nnc(CCN)nc2c1. The molecular formula is C10H12N4O. The van der Waals surface area contributed by atoms with E-state index in [1.165, 1.54) is 0 Å². The van der Waals surface area contributed by atoms with Gasteiger partial charge in [0.05, 0.1) is 12.6 Å². The first-order chi connectivity index (χ1) is 7.33. The van der Waals surface area contributed by atoms with Gasteiger partial charge in [0.25, 0.3) is 0 Å². The average Bonchev–Trinajstić information content (AvgIpc) is 2.28. The van der Waals surface area contributed by atoms with Crippen molar-refractivity contribution in [3.05, 3.63) is 24.0 Å². The van der Waals surface area contributed by atoms with Crippen LogP contribution in [0, 0.1) is 0 Å². The van der Waals surface area contributed by atoms with Gasteiger partial charge in [-0.05, 0) is 18.7 Å². The molecular weight excluding hydrogens is 192 g/mol. The molecule has 0 aliphatic rings. The summed E-state index contributed by atoms with van der Waals surface area (Å²) in [5.74, 6) is 1.43. The maximum absolute atomic E-state index is 5.43. The van der Waals surface area contributed by atoms with Crippen LogP contribution in [0.1, 0.15) is 5.82 Å². The summed E-state index contributed by atoms with van der Waals surface area (Å²) >= 11 is 0. The molecule has 1 heterocycles. The van der Waals surface area contributed by atoms with Crippen LogP contribution in [0.2, 0.25) is 0 Å². The Bertz CT molecular complexity index is 472. The average molecular weight is 204 g/mol. The van der Waals surface area contributed by atoms with E-state index in [9.17, 15) is 0 Å². The molecule has 0 amide bonds. The van der Waals surface area contributed by atoms with Crippen LogP contribution in [0.3, 0.4) is 0 Å². The summed E-state index contributed by atoms with van der Waals surface area (Å²) in [6.07, 6.45) is 0.639. The van der Waals surface area contributed by atoms with Crippen molar-refractivity contribution in [2.75, 3.05) is 13.7 Å². The molecule has 78 valence electrons. The topological polar surface area (TPSA) is 73.9 Å². The van der Waals surface area contributed by atoms with Gasteiger partial charge in [-0.2, -0.15) is 0 Å². The highest BCUT2D eigenvalue weighted by Crippen LogP contribution is 2.16. The number of nitrogens with two attached hydrogens (primary N) is 1. The van der Waals surface area contributed by atoms with Gasteiger partial charge in [-0.25, -0.2) is 4.98 Å². The van der Waals surface area contributed by atoms with Gasteiger partial charge in [-0.1, -0.05) is 0 Å². The van der Waals surface area contributed by atoms with E-state index in [4.69, 9.17) is 10.5 Å². The highest BCUT2D eigenvalue weighted by atomic mass is 16.5. The van der Waals surface area contributed by atoms with Crippen molar-refractivity contribution >= 4 is 11.0 Å². The normalized spacial score (nSPS) is 10.5. The van der Waals surface area contributed by atoms with E-state index in [1.807, 2.05) is 18.2 Å². The van der Waals surface area contributed by atoms with Gasteiger partial charge in [0.2, 0.25) is 0 Å². The summed E-state index contributed by atoms with van der Waals surface area (Å²) in [4.78, 5) is 4.34. The molecule has 2 rings (SSSR count). The lowest BCUT2D eigenvalue weighted by molar-refractivity contribution is 0.415. The van der Waals surface area contributed by atoms with Gasteiger partial charge in [0, 0.05) is 12.5 Å². The Morgan fingerprint density at radius 1 is 1.27 bits per heavy atom. The second-order valence-electron chi connectivity index (χ2n) is 3.12.